The first-order valence-electron chi connectivity index (χ1n) is 7.93. The van der Waals surface area contributed by atoms with Crippen molar-refractivity contribution in [3.05, 3.63) is 29.6 Å². The van der Waals surface area contributed by atoms with E-state index < -0.39 is 0 Å². The Hall–Kier alpha value is -1.35. The number of likely N-dealkylation sites (N-methyl/N-ethyl adjacent to an activating group) is 1. The van der Waals surface area contributed by atoms with Crippen LogP contribution in [0.25, 0.3) is 11.0 Å². The molecule has 116 valence electrons. The first-order chi connectivity index (χ1) is 9.80. The van der Waals surface area contributed by atoms with Crippen LogP contribution in [-0.2, 0) is 19.4 Å². The monoisotopic (exact) mass is 287 g/mol. The fourth-order valence-electron chi connectivity index (χ4n) is 2.60. The summed E-state index contributed by atoms with van der Waals surface area (Å²) in [6.07, 6.45) is 2.08. The molecule has 0 saturated heterocycles. The summed E-state index contributed by atoms with van der Waals surface area (Å²) in [6.45, 7) is 11.1. The van der Waals surface area contributed by atoms with Crippen LogP contribution in [0.2, 0.25) is 0 Å². The van der Waals surface area contributed by atoms with Gasteiger partial charge < -0.3 is 9.47 Å². The average molecular weight is 287 g/mol. The summed E-state index contributed by atoms with van der Waals surface area (Å²) < 4.78 is 2.40. The molecule has 0 bridgehead atoms. The zero-order chi connectivity index (χ0) is 15.6. The van der Waals surface area contributed by atoms with E-state index in [1.807, 2.05) is 0 Å². The van der Waals surface area contributed by atoms with Gasteiger partial charge in [0, 0.05) is 19.5 Å². The van der Waals surface area contributed by atoms with Crippen LogP contribution in [0.5, 0.6) is 0 Å². The van der Waals surface area contributed by atoms with Crippen LogP contribution in [-0.4, -0.2) is 35.1 Å². The summed E-state index contributed by atoms with van der Waals surface area (Å²) in [6, 6.07) is 6.72. The molecule has 1 aromatic heterocycles. The molecule has 1 heterocycles. The molecule has 0 N–H and O–H groups in total. The van der Waals surface area contributed by atoms with Crippen molar-refractivity contribution in [3.8, 4) is 0 Å². The van der Waals surface area contributed by atoms with E-state index in [0.29, 0.717) is 0 Å². The number of nitrogens with zero attached hydrogens (tertiary/aromatic N) is 3. The first-order valence-corrected chi connectivity index (χ1v) is 7.93. The van der Waals surface area contributed by atoms with Crippen molar-refractivity contribution in [2.24, 2.45) is 5.41 Å². The standard InChI is InChI=1S/C18H29N3/c1-7-14-8-9-16-15(12-14)19-17(13-18(2,3)4)21(16)11-10-20(5)6/h8-9,12H,7,10-11,13H2,1-6H3. The molecule has 2 aromatic rings. The van der Waals surface area contributed by atoms with Crippen molar-refractivity contribution >= 4 is 11.0 Å². The maximum atomic E-state index is 4.93. The van der Waals surface area contributed by atoms with Gasteiger partial charge in [0.25, 0.3) is 0 Å². The third-order valence-corrected chi connectivity index (χ3v) is 3.76. The van der Waals surface area contributed by atoms with Gasteiger partial charge in [-0.25, -0.2) is 4.98 Å². The molecule has 0 radical (unpaired) electrons. The Morgan fingerprint density at radius 1 is 1.19 bits per heavy atom. The molecule has 0 fully saturated rings. The minimum atomic E-state index is 0.255. The largest absolute Gasteiger partial charge is 0.327 e. The predicted octanol–water partition coefficient (Wildman–Crippen LogP) is 3.75. The summed E-state index contributed by atoms with van der Waals surface area (Å²) in [5, 5.41) is 0. The SMILES string of the molecule is CCc1ccc2c(c1)nc(CC(C)(C)C)n2CCN(C)C. The van der Waals surface area contributed by atoms with Crippen molar-refractivity contribution in [2.45, 2.75) is 47.1 Å². The molecular formula is C18H29N3. The van der Waals surface area contributed by atoms with Gasteiger partial charge in [-0.05, 0) is 43.6 Å². The number of aryl methyl sites for hydroxylation is 1. The minimum absolute atomic E-state index is 0.255. The molecule has 0 saturated carbocycles. The van der Waals surface area contributed by atoms with E-state index >= 15 is 0 Å². The lowest BCUT2D eigenvalue weighted by Gasteiger charge is -2.19. The number of aromatic nitrogens is 2. The summed E-state index contributed by atoms with van der Waals surface area (Å²) in [7, 11) is 4.25. The second kappa shape index (κ2) is 6.18. The third-order valence-electron chi connectivity index (χ3n) is 3.76. The van der Waals surface area contributed by atoms with Crippen LogP contribution in [0, 0.1) is 5.41 Å². The number of imidazole rings is 1. The molecular weight excluding hydrogens is 258 g/mol. The summed E-state index contributed by atoms with van der Waals surface area (Å²) >= 11 is 0. The van der Waals surface area contributed by atoms with E-state index in [4.69, 9.17) is 4.98 Å². The lowest BCUT2D eigenvalue weighted by Crippen LogP contribution is -2.21. The van der Waals surface area contributed by atoms with Crippen molar-refractivity contribution in [2.75, 3.05) is 20.6 Å². The third kappa shape index (κ3) is 4.07. The highest BCUT2D eigenvalue weighted by Crippen LogP contribution is 2.24. The Morgan fingerprint density at radius 2 is 1.90 bits per heavy atom. The van der Waals surface area contributed by atoms with E-state index in [9.17, 15) is 0 Å². The number of benzene rings is 1. The second-order valence-corrected chi connectivity index (χ2v) is 7.40. The van der Waals surface area contributed by atoms with Crippen LogP contribution >= 0.6 is 0 Å². The van der Waals surface area contributed by atoms with Gasteiger partial charge in [0.05, 0.1) is 11.0 Å². The molecule has 0 aliphatic carbocycles. The Balaban J connectivity index is 2.45. The number of rotatable bonds is 5. The van der Waals surface area contributed by atoms with Crippen LogP contribution in [0.4, 0.5) is 0 Å². The molecule has 0 unspecified atom stereocenters. The molecule has 0 amide bonds. The Bertz CT molecular complexity index is 603. The van der Waals surface area contributed by atoms with Crippen LogP contribution in [0.1, 0.15) is 39.1 Å². The van der Waals surface area contributed by atoms with Crippen molar-refractivity contribution in [1.29, 1.82) is 0 Å². The molecule has 0 aliphatic rings. The lowest BCUT2D eigenvalue weighted by molar-refractivity contribution is 0.365. The van der Waals surface area contributed by atoms with Crippen LogP contribution in [0.3, 0.4) is 0 Å². The fourth-order valence-corrected chi connectivity index (χ4v) is 2.60. The van der Waals surface area contributed by atoms with Crippen LogP contribution in [0.15, 0.2) is 18.2 Å². The lowest BCUT2D eigenvalue weighted by atomic mass is 9.92. The average Bonchev–Trinajstić information content (AvgIpc) is 2.70. The van der Waals surface area contributed by atoms with E-state index in [-0.39, 0.29) is 5.41 Å². The van der Waals surface area contributed by atoms with Crippen molar-refractivity contribution < 1.29 is 0 Å². The molecule has 0 spiro atoms. The highest BCUT2D eigenvalue weighted by molar-refractivity contribution is 5.77. The number of hydrogen-bond acceptors (Lipinski definition) is 2. The molecule has 0 atom stereocenters. The quantitative estimate of drug-likeness (QED) is 0.835. The van der Waals surface area contributed by atoms with E-state index in [0.717, 1.165) is 31.4 Å². The predicted molar refractivity (Wildman–Crippen MR) is 90.8 cm³/mol. The molecule has 3 heteroatoms. The molecule has 21 heavy (non-hydrogen) atoms. The number of hydrogen-bond donors (Lipinski definition) is 0. The van der Waals surface area contributed by atoms with Crippen molar-refractivity contribution in [3.63, 3.8) is 0 Å². The molecule has 3 nitrogen and oxygen atoms in total. The zero-order valence-electron chi connectivity index (χ0n) is 14.4. The zero-order valence-corrected chi connectivity index (χ0v) is 14.4. The van der Waals surface area contributed by atoms with E-state index in [1.165, 1.54) is 16.9 Å². The Labute approximate surface area is 129 Å². The first kappa shape index (κ1) is 16.0. The van der Waals surface area contributed by atoms with Gasteiger partial charge in [-0.3, -0.25) is 0 Å². The molecule has 2 rings (SSSR count). The van der Waals surface area contributed by atoms with Crippen molar-refractivity contribution in [1.82, 2.24) is 14.5 Å². The second-order valence-electron chi connectivity index (χ2n) is 7.40. The number of fused-ring (bicyclic) bond motifs is 1. The van der Waals surface area contributed by atoms with Gasteiger partial charge in [-0.1, -0.05) is 33.8 Å². The van der Waals surface area contributed by atoms with E-state index in [1.54, 1.807) is 0 Å². The normalized spacial score (nSPS) is 12.5. The Morgan fingerprint density at radius 3 is 2.48 bits per heavy atom. The fraction of sp³-hybridized carbons (Fsp3) is 0.611. The molecule has 0 aliphatic heterocycles. The topological polar surface area (TPSA) is 21.1 Å². The van der Waals surface area contributed by atoms with Crippen LogP contribution < -0.4 is 0 Å². The summed E-state index contributed by atoms with van der Waals surface area (Å²) in [4.78, 5) is 7.16. The molecule has 1 aromatic carbocycles. The highest BCUT2D eigenvalue weighted by atomic mass is 15.1. The van der Waals surface area contributed by atoms with Gasteiger partial charge in [-0.2, -0.15) is 0 Å². The van der Waals surface area contributed by atoms with Gasteiger partial charge in [0.15, 0.2) is 0 Å². The summed E-state index contributed by atoms with van der Waals surface area (Å²) in [5.74, 6) is 1.22. The van der Waals surface area contributed by atoms with Gasteiger partial charge in [0.1, 0.15) is 5.82 Å². The van der Waals surface area contributed by atoms with E-state index in [2.05, 4.69) is 69.5 Å². The maximum Gasteiger partial charge on any atom is 0.110 e. The summed E-state index contributed by atoms with van der Waals surface area (Å²) in [5.41, 5.74) is 4.04. The van der Waals surface area contributed by atoms with Gasteiger partial charge in [0.2, 0.25) is 0 Å². The smallest absolute Gasteiger partial charge is 0.110 e. The van der Waals surface area contributed by atoms with Gasteiger partial charge >= 0.3 is 0 Å². The maximum absolute atomic E-state index is 4.93. The highest BCUT2D eigenvalue weighted by Gasteiger charge is 2.18. The van der Waals surface area contributed by atoms with Gasteiger partial charge in [-0.15, -0.1) is 0 Å². The Kier molecular flexibility index (Phi) is 4.72. The minimum Gasteiger partial charge on any atom is -0.327 e.